The highest BCUT2D eigenvalue weighted by Crippen LogP contribution is 2.39. The summed E-state index contributed by atoms with van der Waals surface area (Å²) in [5.41, 5.74) is -1.64. The number of hydrogen-bond donors (Lipinski definition) is 0. The fourth-order valence-corrected chi connectivity index (χ4v) is 1.85. The summed E-state index contributed by atoms with van der Waals surface area (Å²) >= 11 is 0. The van der Waals surface area contributed by atoms with Crippen molar-refractivity contribution in [3.05, 3.63) is 64.8 Å². The molecule has 0 aromatic heterocycles. The minimum atomic E-state index is -4.70. The Balaban J connectivity index is 2.62. The summed E-state index contributed by atoms with van der Waals surface area (Å²) in [4.78, 5) is 2.81. The van der Waals surface area contributed by atoms with Gasteiger partial charge in [-0.25, -0.2) is 9.24 Å². The van der Waals surface area contributed by atoms with Crippen LogP contribution in [0, 0.1) is 23.7 Å². The fourth-order valence-electron chi connectivity index (χ4n) is 1.85. The van der Waals surface area contributed by atoms with E-state index in [1.54, 1.807) is 6.07 Å². The molecule has 2 aromatic carbocycles. The minimum Gasteiger partial charge on any atom is -0.238 e. The summed E-state index contributed by atoms with van der Waals surface area (Å²) in [6, 6.07) is 8.22. The topological polar surface area (TPSA) is 28.1 Å². The van der Waals surface area contributed by atoms with Crippen LogP contribution in [0.4, 0.5) is 23.2 Å². The molecule has 0 heterocycles. The van der Waals surface area contributed by atoms with Crippen molar-refractivity contribution < 1.29 is 17.6 Å². The van der Waals surface area contributed by atoms with Gasteiger partial charge in [0.1, 0.15) is 5.82 Å². The standard InChI is InChI=1S/C15H6F4N2/c1-21-14-5-3-10(7-12(14)15(17,18)19)11-4-2-9(8-20)6-13(11)16/h2-7H. The van der Waals surface area contributed by atoms with Crippen LogP contribution in [0.15, 0.2) is 36.4 Å². The Labute approximate surface area is 117 Å². The van der Waals surface area contributed by atoms with Gasteiger partial charge in [-0.1, -0.05) is 24.3 Å². The second-order valence-corrected chi connectivity index (χ2v) is 4.15. The van der Waals surface area contributed by atoms with Crippen LogP contribution in [0.5, 0.6) is 0 Å². The molecule has 6 heteroatoms. The maximum atomic E-state index is 13.8. The lowest BCUT2D eigenvalue weighted by molar-refractivity contribution is -0.136. The first-order valence-electron chi connectivity index (χ1n) is 5.65. The molecular weight excluding hydrogens is 284 g/mol. The van der Waals surface area contributed by atoms with Crippen molar-refractivity contribution in [1.29, 1.82) is 5.26 Å². The van der Waals surface area contributed by atoms with E-state index in [0.29, 0.717) is 0 Å². The summed E-state index contributed by atoms with van der Waals surface area (Å²) in [7, 11) is 0. The molecule has 2 aromatic rings. The first-order valence-corrected chi connectivity index (χ1v) is 5.65. The van der Waals surface area contributed by atoms with E-state index in [9.17, 15) is 17.6 Å². The van der Waals surface area contributed by atoms with E-state index < -0.39 is 23.2 Å². The maximum absolute atomic E-state index is 13.8. The lowest BCUT2D eigenvalue weighted by Crippen LogP contribution is -2.05. The van der Waals surface area contributed by atoms with Crippen LogP contribution >= 0.6 is 0 Å². The van der Waals surface area contributed by atoms with Gasteiger partial charge in [0, 0.05) is 5.56 Å². The number of nitriles is 1. The summed E-state index contributed by atoms with van der Waals surface area (Å²) < 4.78 is 52.5. The van der Waals surface area contributed by atoms with Crippen molar-refractivity contribution in [3.8, 4) is 17.2 Å². The highest BCUT2D eigenvalue weighted by molar-refractivity contribution is 5.70. The lowest BCUT2D eigenvalue weighted by atomic mass is 10.00. The molecule has 0 spiro atoms. The van der Waals surface area contributed by atoms with Gasteiger partial charge in [-0.05, 0) is 17.7 Å². The molecule has 0 atom stereocenters. The molecule has 2 rings (SSSR count). The third-order valence-corrected chi connectivity index (χ3v) is 2.83. The van der Waals surface area contributed by atoms with Gasteiger partial charge in [0.15, 0.2) is 5.69 Å². The van der Waals surface area contributed by atoms with Crippen LogP contribution in [0.25, 0.3) is 16.0 Å². The van der Waals surface area contributed by atoms with Gasteiger partial charge in [0.05, 0.1) is 23.8 Å². The molecule has 0 aliphatic carbocycles. The second-order valence-electron chi connectivity index (χ2n) is 4.15. The summed E-state index contributed by atoms with van der Waals surface area (Å²) in [5, 5.41) is 8.64. The highest BCUT2D eigenvalue weighted by atomic mass is 19.4. The number of rotatable bonds is 1. The zero-order valence-electron chi connectivity index (χ0n) is 10.4. The van der Waals surface area contributed by atoms with E-state index in [1.165, 1.54) is 18.2 Å². The van der Waals surface area contributed by atoms with Gasteiger partial charge in [-0.2, -0.15) is 18.4 Å². The Morgan fingerprint density at radius 1 is 1.10 bits per heavy atom. The zero-order valence-corrected chi connectivity index (χ0v) is 10.4. The van der Waals surface area contributed by atoms with E-state index in [4.69, 9.17) is 11.8 Å². The van der Waals surface area contributed by atoms with Crippen LogP contribution in [-0.4, -0.2) is 0 Å². The number of halogens is 4. The Kier molecular flexibility index (Phi) is 3.64. The molecule has 0 fully saturated rings. The van der Waals surface area contributed by atoms with E-state index in [0.717, 1.165) is 18.2 Å². The molecule has 21 heavy (non-hydrogen) atoms. The van der Waals surface area contributed by atoms with Crippen molar-refractivity contribution in [2.45, 2.75) is 6.18 Å². The first-order chi connectivity index (χ1) is 9.86. The lowest BCUT2D eigenvalue weighted by Gasteiger charge is -2.11. The van der Waals surface area contributed by atoms with Crippen molar-refractivity contribution in [2.24, 2.45) is 0 Å². The Morgan fingerprint density at radius 2 is 1.81 bits per heavy atom. The maximum Gasteiger partial charge on any atom is 0.407 e. The molecule has 0 aliphatic heterocycles. The summed E-state index contributed by atoms with van der Waals surface area (Å²) in [6.07, 6.45) is -4.70. The van der Waals surface area contributed by atoms with Crippen LogP contribution < -0.4 is 0 Å². The molecule has 2 nitrogen and oxygen atoms in total. The number of nitrogens with zero attached hydrogens (tertiary/aromatic N) is 2. The molecule has 0 unspecified atom stereocenters. The van der Waals surface area contributed by atoms with Gasteiger partial charge in [0.25, 0.3) is 0 Å². The van der Waals surface area contributed by atoms with Gasteiger partial charge in [-0.3, -0.25) is 0 Å². The Hall–Kier alpha value is -2.86. The minimum absolute atomic E-state index is 0.00304. The van der Waals surface area contributed by atoms with Crippen molar-refractivity contribution in [2.75, 3.05) is 0 Å². The van der Waals surface area contributed by atoms with Gasteiger partial charge >= 0.3 is 6.18 Å². The molecule has 0 amide bonds. The predicted molar refractivity (Wildman–Crippen MR) is 67.8 cm³/mol. The molecule has 0 aliphatic rings. The quantitative estimate of drug-likeness (QED) is 0.540. The highest BCUT2D eigenvalue weighted by Gasteiger charge is 2.33. The van der Waals surface area contributed by atoms with Crippen molar-refractivity contribution >= 4 is 5.69 Å². The average Bonchev–Trinajstić information content (AvgIpc) is 2.45. The van der Waals surface area contributed by atoms with Crippen LogP contribution in [0.3, 0.4) is 0 Å². The van der Waals surface area contributed by atoms with E-state index >= 15 is 0 Å². The molecule has 104 valence electrons. The monoisotopic (exact) mass is 290 g/mol. The summed E-state index contributed by atoms with van der Waals surface area (Å²) in [6.45, 7) is 6.75. The SMILES string of the molecule is [C-]#[N+]c1ccc(-c2ccc(C#N)cc2F)cc1C(F)(F)F. The molecular formula is C15H6F4N2. The second kappa shape index (κ2) is 5.26. The van der Waals surface area contributed by atoms with Gasteiger partial charge < -0.3 is 0 Å². The van der Waals surface area contributed by atoms with E-state index in [-0.39, 0.29) is 16.7 Å². The van der Waals surface area contributed by atoms with Crippen molar-refractivity contribution in [1.82, 2.24) is 0 Å². The molecule has 0 bridgehead atoms. The van der Waals surface area contributed by atoms with Crippen LogP contribution in [0.1, 0.15) is 11.1 Å². The van der Waals surface area contributed by atoms with Crippen LogP contribution in [-0.2, 0) is 6.18 Å². The van der Waals surface area contributed by atoms with Gasteiger partial charge in [0.2, 0.25) is 0 Å². The number of alkyl halides is 3. The normalized spacial score (nSPS) is 10.8. The molecule has 0 saturated carbocycles. The third-order valence-electron chi connectivity index (χ3n) is 2.83. The summed E-state index contributed by atoms with van der Waals surface area (Å²) in [5.74, 6) is -0.794. The average molecular weight is 290 g/mol. The van der Waals surface area contributed by atoms with Crippen LogP contribution in [0.2, 0.25) is 0 Å². The first kappa shape index (κ1) is 14.5. The third kappa shape index (κ3) is 2.85. The van der Waals surface area contributed by atoms with E-state index in [2.05, 4.69) is 4.85 Å². The Morgan fingerprint density at radius 3 is 2.33 bits per heavy atom. The smallest absolute Gasteiger partial charge is 0.238 e. The zero-order chi connectivity index (χ0) is 15.6. The predicted octanol–water partition coefficient (Wildman–Crippen LogP) is 4.93. The Bertz CT molecular complexity index is 780. The molecule has 0 N–H and O–H groups in total. The fraction of sp³-hybridized carbons (Fsp3) is 0.0667. The van der Waals surface area contributed by atoms with Gasteiger partial charge in [-0.15, -0.1) is 0 Å². The van der Waals surface area contributed by atoms with E-state index in [1.807, 2.05) is 0 Å². The molecule has 0 radical (unpaired) electrons. The molecule has 0 saturated heterocycles. The number of hydrogen-bond acceptors (Lipinski definition) is 1. The largest absolute Gasteiger partial charge is 0.407 e. The van der Waals surface area contributed by atoms with Crippen molar-refractivity contribution in [3.63, 3.8) is 0 Å². The number of benzene rings is 2.